The molecule has 1 atom stereocenters. The van der Waals surface area contributed by atoms with Crippen LogP contribution in [0, 0.1) is 0 Å². The molecule has 0 saturated carbocycles. The summed E-state index contributed by atoms with van der Waals surface area (Å²) < 4.78 is 0. The maximum atomic E-state index is 11.3. The Morgan fingerprint density at radius 2 is 1.87 bits per heavy atom. The van der Waals surface area contributed by atoms with Crippen LogP contribution in [0.5, 0.6) is 0 Å². The van der Waals surface area contributed by atoms with Crippen molar-refractivity contribution in [2.24, 2.45) is 0 Å². The van der Waals surface area contributed by atoms with E-state index in [1.54, 1.807) is 6.08 Å². The Labute approximate surface area is 93.6 Å². The Morgan fingerprint density at radius 3 is 2.40 bits per heavy atom. The largest absolute Gasteiger partial charge is 0.298 e. The van der Waals surface area contributed by atoms with E-state index >= 15 is 0 Å². The average Bonchev–Trinajstić information content (AvgIpc) is 2.26. The molecule has 1 aromatic carbocycles. The van der Waals surface area contributed by atoms with Gasteiger partial charge >= 0.3 is 0 Å². The van der Waals surface area contributed by atoms with Gasteiger partial charge in [-0.25, -0.2) is 0 Å². The zero-order valence-corrected chi connectivity index (χ0v) is 9.07. The normalized spacial score (nSPS) is 12.7. The van der Waals surface area contributed by atoms with Gasteiger partial charge in [0.1, 0.15) is 0 Å². The highest BCUT2D eigenvalue weighted by Crippen LogP contribution is 2.05. The molecule has 0 aliphatic heterocycles. The molecule has 0 N–H and O–H groups in total. The molecule has 0 aromatic heterocycles. The third kappa shape index (κ3) is 3.68. The van der Waals surface area contributed by atoms with Crippen LogP contribution in [-0.4, -0.2) is 16.9 Å². The molecule has 0 radical (unpaired) electrons. The molecule has 78 valence electrons. The Bertz CT molecular complexity index is 382. The van der Waals surface area contributed by atoms with E-state index in [9.17, 15) is 9.59 Å². The number of alkyl halides is 1. The summed E-state index contributed by atoms with van der Waals surface area (Å²) in [5.74, 6) is -0.715. The lowest BCUT2D eigenvalue weighted by molar-refractivity contribution is -0.122. The van der Waals surface area contributed by atoms with E-state index in [0.717, 1.165) is 5.56 Å². The molecule has 0 amide bonds. The van der Waals surface area contributed by atoms with Gasteiger partial charge in [0.25, 0.3) is 0 Å². The van der Waals surface area contributed by atoms with E-state index in [-0.39, 0.29) is 11.6 Å². The summed E-state index contributed by atoms with van der Waals surface area (Å²) in [7, 11) is 0. The fraction of sp³-hybridized carbons (Fsp3) is 0.167. The Hall–Kier alpha value is -1.41. The number of allylic oxidation sites excluding steroid dienone is 1. The van der Waals surface area contributed by atoms with Crippen LogP contribution >= 0.6 is 11.6 Å². The van der Waals surface area contributed by atoms with Crippen molar-refractivity contribution in [3.05, 3.63) is 42.0 Å². The number of carbonyl (C=O) groups excluding carboxylic acids is 2. The van der Waals surface area contributed by atoms with Gasteiger partial charge in [-0.05, 0) is 18.6 Å². The molecule has 0 bridgehead atoms. The molecule has 3 heteroatoms. The second-order valence-corrected chi connectivity index (χ2v) is 3.56. The number of halogens is 1. The van der Waals surface area contributed by atoms with Crippen molar-refractivity contribution in [3.63, 3.8) is 0 Å². The average molecular weight is 223 g/mol. The second kappa shape index (κ2) is 5.47. The van der Waals surface area contributed by atoms with Gasteiger partial charge in [-0.1, -0.05) is 36.4 Å². The van der Waals surface area contributed by atoms with Gasteiger partial charge in [-0.3, -0.25) is 9.59 Å². The fourth-order valence-corrected chi connectivity index (χ4v) is 1.10. The highest BCUT2D eigenvalue weighted by atomic mass is 35.5. The predicted octanol–water partition coefficient (Wildman–Crippen LogP) is 2.47. The lowest BCUT2D eigenvalue weighted by atomic mass is 10.1. The molecule has 0 fully saturated rings. The van der Waals surface area contributed by atoms with Gasteiger partial charge < -0.3 is 0 Å². The van der Waals surface area contributed by atoms with Crippen LogP contribution in [0.2, 0.25) is 0 Å². The summed E-state index contributed by atoms with van der Waals surface area (Å²) in [6, 6.07) is 9.35. The molecular weight excluding hydrogens is 212 g/mol. The zero-order valence-electron chi connectivity index (χ0n) is 8.31. The quantitative estimate of drug-likeness (QED) is 0.446. The number of Topliss-reactive ketones (excluding diaryl/α,β-unsaturated/α-hetero) is 1. The van der Waals surface area contributed by atoms with Gasteiger partial charge in [-0.2, -0.15) is 0 Å². The van der Waals surface area contributed by atoms with Crippen LogP contribution < -0.4 is 0 Å². The molecule has 1 unspecified atom stereocenters. The molecule has 0 spiro atoms. The smallest absolute Gasteiger partial charge is 0.181 e. The Kier molecular flexibility index (Phi) is 4.25. The standard InChI is InChI=1S/C12H11ClO2/c1-9(14)12(13)11(15)8-7-10-5-3-2-4-6-10/h2-8,12H,1H3. The van der Waals surface area contributed by atoms with Crippen molar-refractivity contribution in [2.75, 3.05) is 0 Å². The SMILES string of the molecule is CC(=O)C(Cl)C(=O)C=Cc1ccccc1. The molecule has 0 aliphatic rings. The highest BCUT2D eigenvalue weighted by Gasteiger charge is 2.16. The lowest BCUT2D eigenvalue weighted by Crippen LogP contribution is -2.19. The van der Waals surface area contributed by atoms with Crippen LogP contribution in [0.15, 0.2) is 36.4 Å². The Balaban J connectivity index is 2.67. The summed E-state index contributed by atoms with van der Waals surface area (Å²) in [5, 5.41) is -1.06. The topological polar surface area (TPSA) is 34.1 Å². The predicted molar refractivity (Wildman–Crippen MR) is 60.8 cm³/mol. The third-order valence-corrected chi connectivity index (χ3v) is 2.37. The van der Waals surface area contributed by atoms with Gasteiger partial charge in [0.15, 0.2) is 16.9 Å². The number of carbonyl (C=O) groups is 2. The molecular formula is C12H11ClO2. The van der Waals surface area contributed by atoms with Crippen molar-refractivity contribution in [3.8, 4) is 0 Å². The molecule has 1 aromatic rings. The van der Waals surface area contributed by atoms with Gasteiger partial charge in [0, 0.05) is 0 Å². The molecule has 15 heavy (non-hydrogen) atoms. The minimum atomic E-state index is -1.06. The number of rotatable bonds is 4. The summed E-state index contributed by atoms with van der Waals surface area (Å²) in [6.07, 6.45) is 2.97. The first kappa shape index (κ1) is 11.7. The van der Waals surface area contributed by atoms with Crippen LogP contribution in [0.25, 0.3) is 6.08 Å². The number of hydrogen-bond acceptors (Lipinski definition) is 2. The minimum Gasteiger partial charge on any atom is -0.298 e. The van der Waals surface area contributed by atoms with Crippen molar-refractivity contribution in [2.45, 2.75) is 12.3 Å². The first-order chi connectivity index (χ1) is 7.11. The fourth-order valence-electron chi connectivity index (χ4n) is 1.03. The van der Waals surface area contributed by atoms with Crippen molar-refractivity contribution in [1.82, 2.24) is 0 Å². The van der Waals surface area contributed by atoms with Crippen molar-refractivity contribution in [1.29, 1.82) is 0 Å². The van der Waals surface area contributed by atoms with E-state index in [4.69, 9.17) is 11.6 Å². The van der Waals surface area contributed by atoms with Crippen LogP contribution in [0.3, 0.4) is 0 Å². The summed E-state index contributed by atoms with van der Waals surface area (Å²) in [4.78, 5) is 22.1. The first-order valence-corrected chi connectivity index (χ1v) is 4.96. The molecule has 1 rings (SSSR count). The van der Waals surface area contributed by atoms with E-state index in [1.165, 1.54) is 13.0 Å². The van der Waals surface area contributed by atoms with E-state index in [0.29, 0.717) is 0 Å². The van der Waals surface area contributed by atoms with Gasteiger partial charge in [0.2, 0.25) is 0 Å². The van der Waals surface area contributed by atoms with Gasteiger partial charge in [-0.15, -0.1) is 11.6 Å². The highest BCUT2D eigenvalue weighted by molar-refractivity contribution is 6.43. The third-order valence-electron chi connectivity index (χ3n) is 1.85. The first-order valence-electron chi connectivity index (χ1n) is 4.53. The lowest BCUT2D eigenvalue weighted by Gasteiger charge is -1.98. The van der Waals surface area contributed by atoms with Crippen LogP contribution in [-0.2, 0) is 9.59 Å². The number of hydrogen-bond donors (Lipinski definition) is 0. The summed E-state index contributed by atoms with van der Waals surface area (Å²) in [6.45, 7) is 1.30. The van der Waals surface area contributed by atoms with E-state index in [2.05, 4.69) is 0 Å². The van der Waals surface area contributed by atoms with Crippen molar-refractivity contribution < 1.29 is 9.59 Å². The van der Waals surface area contributed by atoms with E-state index in [1.807, 2.05) is 30.3 Å². The van der Waals surface area contributed by atoms with E-state index < -0.39 is 5.38 Å². The summed E-state index contributed by atoms with van der Waals surface area (Å²) >= 11 is 5.58. The van der Waals surface area contributed by atoms with Crippen molar-refractivity contribution >= 4 is 29.2 Å². The molecule has 2 nitrogen and oxygen atoms in total. The zero-order chi connectivity index (χ0) is 11.3. The maximum absolute atomic E-state index is 11.3. The Morgan fingerprint density at radius 1 is 1.27 bits per heavy atom. The molecule has 0 aliphatic carbocycles. The number of ketones is 2. The number of benzene rings is 1. The monoisotopic (exact) mass is 222 g/mol. The van der Waals surface area contributed by atoms with Gasteiger partial charge in [0.05, 0.1) is 0 Å². The molecule has 0 saturated heterocycles. The second-order valence-electron chi connectivity index (χ2n) is 3.12. The maximum Gasteiger partial charge on any atom is 0.181 e. The minimum absolute atomic E-state index is 0.334. The van der Waals surface area contributed by atoms with Crippen LogP contribution in [0.1, 0.15) is 12.5 Å². The van der Waals surface area contributed by atoms with Crippen LogP contribution in [0.4, 0.5) is 0 Å². The molecule has 0 heterocycles. The summed E-state index contributed by atoms with van der Waals surface area (Å²) in [5.41, 5.74) is 0.901.